The summed E-state index contributed by atoms with van der Waals surface area (Å²) in [5, 5.41) is 8.95. The van der Waals surface area contributed by atoms with Gasteiger partial charge in [-0.15, -0.1) is 23.4 Å². The first kappa shape index (κ1) is 29.3. The standard InChI is InChI=1S/C16H19ClO2.C7H8S.CH3Cl/c1-12(6-5-7-16(18)19)8-9-13(2)14(3)10-11-15(4)17;1-8-7-5-3-2-4-6-7;1-2/h8-11H,1-7H2,(H,18,19);2-6H,1H3;1H3/b9-8-,11-10-;;. The lowest BCUT2D eigenvalue weighted by atomic mass is 10.1. The molecule has 1 aromatic carbocycles. The summed E-state index contributed by atoms with van der Waals surface area (Å²) in [4.78, 5) is 11.7. The Kier molecular flexibility index (Phi) is 19.6. The predicted octanol–water partition coefficient (Wildman–Crippen LogP) is 8.04. The Labute approximate surface area is 190 Å². The number of hydrogen-bond acceptors (Lipinski definition) is 2. The van der Waals surface area contributed by atoms with E-state index < -0.39 is 5.97 Å². The van der Waals surface area contributed by atoms with Crippen LogP contribution in [0.25, 0.3) is 0 Å². The molecule has 0 heterocycles. The van der Waals surface area contributed by atoms with Crippen molar-refractivity contribution in [1.29, 1.82) is 0 Å². The molecule has 5 heteroatoms. The van der Waals surface area contributed by atoms with E-state index in [1.165, 1.54) is 11.3 Å². The quantitative estimate of drug-likeness (QED) is 0.221. The number of thioether (sulfide) groups is 1. The van der Waals surface area contributed by atoms with Crippen molar-refractivity contribution >= 4 is 40.9 Å². The monoisotopic (exact) mass is 452 g/mol. The summed E-state index contributed by atoms with van der Waals surface area (Å²) < 4.78 is 0. The van der Waals surface area contributed by atoms with Crippen LogP contribution in [0, 0.1) is 0 Å². The minimum Gasteiger partial charge on any atom is -0.481 e. The van der Waals surface area contributed by atoms with E-state index in [9.17, 15) is 4.79 Å². The molecule has 0 saturated carbocycles. The maximum atomic E-state index is 10.4. The highest BCUT2D eigenvalue weighted by molar-refractivity contribution is 7.98. The summed E-state index contributed by atoms with van der Waals surface area (Å²) in [7, 11) is 0. The van der Waals surface area contributed by atoms with Gasteiger partial charge < -0.3 is 5.11 Å². The first-order chi connectivity index (χ1) is 13.8. The molecule has 0 radical (unpaired) electrons. The van der Waals surface area contributed by atoms with Crippen molar-refractivity contribution in [1.82, 2.24) is 0 Å². The highest BCUT2D eigenvalue weighted by atomic mass is 35.5. The SMILES string of the molecule is C=C(Cl)/C=C\C(=C)C(=C)/C=C\C(=C)CCCC(=O)O.CCl.CSc1ccccc1. The minimum atomic E-state index is -0.791. The van der Waals surface area contributed by atoms with Gasteiger partial charge in [0.05, 0.1) is 0 Å². The smallest absolute Gasteiger partial charge is 0.303 e. The molecule has 1 rings (SSSR count). The second-order valence-electron chi connectivity index (χ2n) is 5.59. The van der Waals surface area contributed by atoms with Crippen LogP contribution in [0.5, 0.6) is 0 Å². The van der Waals surface area contributed by atoms with Gasteiger partial charge in [0.2, 0.25) is 0 Å². The summed E-state index contributed by atoms with van der Waals surface area (Å²) in [6, 6.07) is 10.3. The number of hydrogen-bond donors (Lipinski definition) is 1. The van der Waals surface area contributed by atoms with Crippen LogP contribution in [0.2, 0.25) is 0 Å². The number of benzene rings is 1. The van der Waals surface area contributed by atoms with Crippen LogP contribution < -0.4 is 0 Å². The molecule has 0 fully saturated rings. The summed E-state index contributed by atoms with van der Waals surface area (Å²) in [6.07, 6.45) is 11.9. The van der Waals surface area contributed by atoms with Gasteiger partial charge in [-0.1, -0.05) is 79.9 Å². The Bertz CT molecular complexity index is 720. The average molecular weight is 453 g/mol. The fraction of sp³-hybridized carbons (Fsp3) is 0.208. The van der Waals surface area contributed by atoms with E-state index in [0.29, 0.717) is 17.9 Å². The van der Waals surface area contributed by atoms with Crippen LogP contribution in [0.4, 0.5) is 0 Å². The van der Waals surface area contributed by atoms with Crippen LogP contribution in [0.15, 0.2) is 108 Å². The zero-order chi connectivity index (χ0) is 22.7. The lowest BCUT2D eigenvalue weighted by molar-refractivity contribution is -0.137. The lowest BCUT2D eigenvalue weighted by Gasteiger charge is -2.01. The largest absolute Gasteiger partial charge is 0.481 e. The van der Waals surface area contributed by atoms with Crippen LogP contribution in [-0.4, -0.2) is 23.7 Å². The molecule has 0 amide bonds. The van der Waals surface area contributed by atoms with Gasteiger partial charge in [-0.3, -0.25) is 4.79 Å². The van der Waals surface area contributed by atoms with E-state index in [2.05, 4.69) is 56.3 Å². The molecule has 29 heavy (non-hydrogen) atoms. The van der Waals surface area contributed by atoms with Crippen LogP contribution in [-0.2, 0) is 4.79 Å². The van der Waals surface area contributed by atoms with Crippen LogP contribution in [0.1, 0.15) is 19.3 Å². The van der Waals surface area contributed by atoms with E-state index >= 15 is 0 Å². The normalized spacial score (nSPS) is 9.79. The number of carboxylic acid groups (broad SMARTS) is 1. The summed E-state index contributed by atoms with van der Waals surface area (Å²) in [5.41, 5.74) is 2.34. The fourth-order valence-corrected chi connectivity index (χ4v) is 2.22. The molecule has 0 aliphatic rings. The maximum absolute atomic E-state index is 10.4. The van der Waals surface area contributed by atoms with Gasteiger partial charge in [-0.25, -0.2) is 0 Å². The third-order valence-corrected chi connectivity index (χ3v) is 4.14. The van der Waals surface area contributed by atoms with Gasteiger partial charge in [0.15, 0.2) is 0 Å². The summed E-state index contributed by atoms with van der Waals surface area (Å²) in [5.74, 6) is -0.791. The number of alkyl halides is 1. The maximum Gasteiger partial charge on any atom is 0.303 e. The molecule has 0 aliphatic heterocycles. The van der Waals surface area contributed by atoms with Crippen molar-refractivity contribution in [3.63, 3.8) is 0 Å². The third kappa shape index (κ3) is 19.2. The number of rotatable bonds is 10. The van der Waals surface area contributed by atoms with E-state index in [0.717, 1.165) is 16.7 Å². The van der Waals surface area contributed by atoms with Gasteiger partial charge in [-0.05, 0) is 48.5 Å². The summed E-state index contributed by atoms with van der Waals surface area (Å²) in [6.45, 7) is 15.1. The Morgan fingerprint density at radius 1 is 0.966 bits per heavy atom. The van der Waals surface area contributed by atoms with E-state index in [1.807, 2.05) is 24.3 Å². The van der Waals surface area contributed by atoms with Gasteiger partial charge in [0.1, 0.15) is 0 Å². The molecule has 0 aliphatic carbocycles. The first-order valence-corrected chi connectivity index (χ1v) is 11.1. The molecule has 2 nitrogen and oxygen atoms in total. The van der Waals surface area contributed by atoms with E-state index in [-0.39, 0.29) is 6.42 Å². The van der Waals surface area contributed by atoms with Gasteiger partial charge in [0.25, 0.3) is 0 Å². The minimum absolute atomic E-state index is 0.154. The Balaban J connectivity index is 0. The Morgan fingerprint density at radius 3 is 1.90 bits per heavy atom. The Morgan fingerprint density at radius 2 is 1.48 bits per heavy atom. The number of carboxylic acids is 1. The van der Waals surface area contributed by atoms with Crippen molar-refractivity contribution in [2.24, 2.45) is 0 Å². The van der Waals surface area contributed by atoms with Crippen molar-refractivity contribution in [2.45, 2.75) is 24.2 Å². The Hall–Kier alpha value is -1.94. The van der Waals surface area contributed by atoms with Crippen molar-refractivity contribution in [2.75, 3.05) is 12.6 Å². The lowest BCUT2D eigenvalue weighted by Crippen LogP contribution is -1.93. The first-order valence-electron chi connectivity index (χ1n) is 8.71. The molecule has 0 unspecified atom stereocenters. The molecule has 0 aromatic heterocycles. The second-order valence-corrected chi connectivity index (χ2v) is 6.95. The predicted molar refractivity (Wildman–Crippen MR) is 132 cm³/mol. The molecule has 158 valence electrons. The van der Waals surface area contributed by atoms with E-state index in [1.54, 1.807) is 30.0 Å². The van der Waals surface area contributed by atoms with Gasteiger partial charge in [-0.2, -0.15) is 0 Å². The molecule has 0 bridgehead atoms. The number of allylic oxidation sites excluding steroid dienone is 8. The van der Waals surface area contributed by atoms with Gasteiger partial charge in [0, 0.05) is 22.7 Å². The van der Waals surface area contributed by atoms with Crippen LogP contribution >= 0.6 is 35.0 Å². The van der Waals surface area contributed by atoms with Crippen molar-refractivity contribution < 1.29 is 9.90 Å². The highest BCUT2D eigenvalue weighted by Gasteiger charge is 1.97. The van der Waals surface area contributed by atoms with Crippen LogP contribution in [0.3, 0.4) is 0 Å². The third-order valence-electron chi connectivity index (χ3n) is 3.27. The number of halogens is 2. The topological polar surface area (TPSA) is 37.3 Å². The molecule has 1 N–H and O–H groups in total. The van der Waals surface area contributed by atoms with Crippen molar-refractivity contribution in [3.05, 3.63) is 103 Å². The fourth-order valence-electron chi connectivity index (χ4n) is 1.73. The highest BCUT2D eigenvalue weighted by Crippen LogP contribution is 2.14. The number of carbonyl (C=O) groups is 1. The molecular formula is C24H30Cl2O2S. The molecule has 0 saturated heterocycles. The van der Waals surface area contributed by atoms with E-state index in [4.69, 9.17) is 16.7 Å². The zero-order valence-corrected chi connectivity index (χ0v) is 19.5. The number of aliphatic carboxylic acids is 1. The molecule has 0 atom stereocenters. The average Bonchev–Trinajstić information content (AvgIpc) is 2.72. The molecule has 0 spiro atoms. The molecular weight excluding hydrogens is 423 g/mol. The zero-order valence-electron chi connectivity index (χ0n) is 17.2. The molecule has 1 aromatic rings. The second kappa shape index (κ2) is 19.4. The van der Waals surface area contributed by atoms with Crippen molar-refractivity contribution in [3.8, 4) is 0 Å². The van der Waals surface area contributed by atoms with Gasteiger partial charge >= 0.3 is 5.97 Å². The summed E-state index contributed by atoms with van der Waals surface area (Å²) >= 11 is 12.0.